The molecular weight excluding hydrogens is 266 g/mol. The maximum atomic E-state index is 11.9. The van der Waals surface area contributed by atoms with E-state index in [0.717, 1.165) is 16.7 Å². The molecule has 21 heavy (non-hydrogen) atoms. The van der Waals surface area contributed by atoms with E-state index in [0.29, 0.717) is 6.42 Å². The van der Waals surface area contributed by atoms with E-state index in [-0.39, 0.29) is 12.4 Å². The SMILES string of the molecule is Cc1cc(CC(N)C(=O)OCc2ccccc2)ccc1O. The third-order valence-corrected chi connectivity index (χ3v) is 3.24. The quantitative estimate of drug-likeness (QED) is 0.827. The molecule has 0 bridgehead atoms. The van der Waals surface area contributed by atoms with Crippen molar-refractivity contribution in [3.8, 4) is 5.75 Å². The summed E-state index contributed by atoms with van der Waals surface area (Å²) in [6.45, 7) is 2.03. The summed E-state index contributed by atoms with van der Waals surface area (Å²) in [4.78, 5) is 11.9. The summed E-state index contributed by atoms with van der Waals surface area (Å²) in [6, 6.07) is 13.9. The van der Waals surface area contributed by atoms with Crippen LogP contribution in [-0.4, -0.2) is 17.1 Å². The van der Waals surface area contributed by atoms with Gasteiger partial charge in [0.25, 0.3) is 0 Å². The lowest BCUT2D eigenvalue weighted by molar-refractivity contribution is -0.146. The van der Waals surface area contributed by atoms with E-state index in [9.17, 15) is 9.90 Å². The van der Waals surface area contributed by atoms with Crippen molar-refractivity contribution in [3.63, 3.8) is 0 Å². The Morgan fingerprint density at radius 2 is 1.90 bits per heavy atom. The normalized spacial score (nSPS) is 11.9. The Balaban J connectivity index is 1.88. The highest BCUT2D eigenvalue weighted by Crippen LogP contribution is 2.17. The van der Waals surface area contributed by atoms with E-state index < -0.39 is 12.0 Å². The molecule has 0 aliphatic rings. The number of aromatic hydroxyl groups is 1. The van der Waals surface area contributed by atoms with Crippen molar-refractivity contribution in [2.45, 2.75) is 26.0 Å². The summed E-state index contributed by atoms with van der Waals surface area (Å²) in [5.41, 5.74) is 8.45. The van der Waals surface area contributed by atoms with Crippen LogP contribution in [0.5, 0.6) is 5.75 Å². The maximum absolute atomic E-state index is 11.9. The minimum absolute atomic E-state index is 0.224. The second kappa shape index (κ2) is 6.90. The van der Waals surface area contributed by atoms with Crippen molar-refractivity contribution in [3.05, 3.63) is 65.2 Å². The Morgan fingerprint density at radius 1 is 1.19 bits per heavy atom. The van der Waals surface area contributed by atoms with Crippen LogP contribution in [0.15, 0.2) is 48.5 Å². The van der Waals surface area contributed by atoms with E-state index >= 15 is 0 Å². The van der Waals surface area contributed by atoms with E-state index in [1.807, 2.05) is 36.4 Å². The van der Waals surface area contributed by atoms with Crippen LogP contribution in [0.25, 0.3) is 0 Å². The lowest BCUT2D eigenvalue weighted by Gasteiger charge is -2.12. The minimum atomic E-state index is -0.711. The summed E-state index contributed by atoms with van der Waals surface area (Å²) in [5, 5.41) is 9.47. The van der Waals surface area contributed by atoms with E-state index in [2.05, 4.69) is 0 Å². The van der Waals surface area contributed by atoms with Gasteiger partial charge >= 0.3 is 5.97 Å². The Bertz CT molecular complexity index is 611. The number of esters is 1. The molecule has 2 aromatic carbocycles. The molecular formula is C17H19NO3. The van der Waals surface area contributed by atoms with Crippen molar-refractivity contribution >= 4 is 5.97 Å². The molecule has 0 spiro atoms. The van der Waals surface area contributed by atoms with Gasteiger partial charge in [-0.05, 0) is 36.1 Å². The van der Waals surface area contributed by atoms with Crippen LogP contribution >= 0.6 is 0 Å². The molecule has 0 radical (unpaired) electrons. The number of benzene rings is 2. The molecule has 0 aliphatic carbocycles. The monoisotopic (exact) mass is 285 g/mol. The number of hydrogen-bond donors (Lipinski definition) is 2. The first-order valence-corrected chi connectivity index (χ1v) is 6.81. The number of phenolic OH excluding ortho intramolecular Hbond substituents is 1. The highest BCUT2D eigenvalue weighted by atomic mass is 16.5. The van der Waals surface area contributed by atoms with Gasteiger partial charge in [0.2, 0.25) is 0 Å². The number of hydrogen-bond acceptors (Lipinski definition) is 4. The standard InChI is InChI=1S/C17H19NO3/c1-12-9-14(7-8-16(12)19)10-15(18)17(20)21-11-13-5-3-2-4-6-13/h2-9,15,19H,10-11,18H2,1H3. The van der Waals surface area contributed by atoms with Crippen LogP contribution < -0.4 is 5.73 Å². The minimum Gasteiger partial charge on any atom is -0.508 e. The molecule has 0 fully saturated rings. The topological polar surface area (TPSA) is 72.6 Å². The van der Waals surface area contributed by atoms with Crippen molar-refractivity contribution in [2.75, 3.05) is 0 Å². The van der Waals surface area contributed by atoms with E-state index in [1.54, 1.807) is 19.1 Å². The van der Waals surface area contributed by atoms with Gasteiger partial charge in [0.15, 0.2) is 0 Å². The molecule has 2 aromatic rings. The fraction of sp³-hybridized carbons (Fsp3) is 0.235. The fourth-order valence-electron chi connectivity index (χ4n) is 2.02. The largest absolute Gasteiger partial charge is 0.508 e. The fourth-order valence-corrected chi connectivity index (χ4v) is 2.02. The van der Waals surface area contributed by atoms with Crippen LogP contribution in [-0.2, 0) is 22.6 Å². The smallest absolute Gasteiger partial charge is 0.323 e. The van der Waals surface area contributed by atoms with Crippen molar-refractivity contribution in [2.24, 2.45) is 5.73 Å². The summed E-state index contributed by atoms with van der Waals surface area (Å²) in [5.74, 6) is -0.191. The number of rotatable bonds is 5. The Labute approximate surface area is 124 Å². The predicted molar refractivity (Wildman–Crippen MR) is 80.8 cm³/mol. The predicted octanol–water partition coefficient (Wildman–Crippen LogP) is 2.31. The van der Waals surface area contributed by atoms with Crippen LogP contribution in [0, 0.1) is 6.92 Å². The number of carbonyl (C=O) groups is 1. The average molecular weight is 285 g/mol. The molecule has 0 aliphatic heterocycles. The van der Waals surface area contributed by atoms with Gasteiger partial charge < -0.3 is 15.6 Å². The molecule has 0 saturated heterocycles. The number of nitrogens with two attached hydrogens (primary N) is 1. The van der Waals surface area contributed by atoms with Crippen LogP contribution in [0.3, 0.4) is 0 Å². The molecule has 2 rings (SSSR count). The molecule has 4 nitrogen and oxygen atoms in total. The van der Waals surface area contributed by atoms with Gasteiger partial charge in [-0.3, -0.25) is 4.79 Å². The molecule has 3 N–H and O–H groups in total. The molecule has 1 atom stereocenters. The summed E-state index contributed by atoms with van der Waals surface area (Å²) >= 11 is 0. The first-order chi connectivity index (χ1) is 10.1. The second-order valence-electron chi connectivity index (χ2n) is 5.02. The zero-order valence-electron chi connectivity index (χ0n) is 12.0. The Hall–Kier alpha value is -2.33. The summed E-state index contributed by atoms with van der Waals surface area (Å²) in [7, 11) is 0. The third kappa shape index (κ3) is 4.33. The van der Waals surface area contributed by atoms with Crippen LogP contribution in [0.1, 0.15) is 16.7 Å². The van der Waals surface area contributed by atoms with Gasteiger partial charge in [0, 0.05) is 0 Å². The molecule has 0 aromatic heterocycles. The van der Waals surface area contributed by atoms with Crippen molar-refractivity contribution in [1.29, 1.82) is 0 Å². The summed E-state index contributed by atoms with van der Waals surface area (Å²) in [6.07, 6.45) is 0.384. The number of aryl methyl sites for hydroxylation is 1. The van der Waals surface area contributed by atoms with Gasteiger partial charge in [0.05, 0.1) is 0 Å². The number of ether oxygens (including phenoxy) is 1. The third-order valence-electron chi connectivity index (χ3n) is 3.24. The van der Waals surface area contributed by atoms with Gasteiger partial charge in [-0.15, -0.1) is 0 Å². The summed E-state index contributed by atoms with van der Waals surface area (Å²) < 4.78 is 5.20. The molecule has 1 unspecified atom stereocenters. The number of phenols is 1. The number of carbonyl (C=O) groups excluding carboxylic acids is 1. The van der Waals surface area contributed by atoms with Gasteiger partial charge in [-0.25, -0.2) is 0 Å². The second-order valence-corrected chi connectivity index (χ2v) is 5.02. The highest BCUT2D eigenvalue weighted by molar-refractivity contribution is 5.75. The Morgan fingerprint density at radius 3 is 2.57 bits per heavy atom. The average Bonchev–Trinajstić information content (AvgIpc) is 2.49. The first kappa shape index (κ1) is 15.1. The van der Waals surface area contributed by atoms with Gasteiger partial charge in [-0.1, -0.05) is 42.5 Å². The van der Waals surface area contributed by atoms with E-state index in [4.69, 9.17) is 10.5 Å². The molecule has 4 heteroatoms. The highest BCUT2D eigenvalue weighted by Gasteiger charge is 2.16. The van der Waals surface area contributed by atoms with Gasteiger partial charge in [-0.2, -0.15) is 0 Å². The first-order valence-electron chi connectivity index (χ1n) is 6.81. The van der Waals surface area contributed by atoms with Crippen LogP contribution in [0.4, 0.5) is 0 Å². The Kier molecular flexibility index (Phi) is 4.95. The molecule has 0 heterocycles. The maximum Gasteiger partial charge on any atom is 0.323 e. The molecule has 0 saturated carbocycles. The lowest BCUT2D eigenvalue weighted by atomic mass is 10.0. The lowest BCUT2D eigenvalue weighted by Crippen LogP contribution is -2.34. The van der Waals surface area contributed by atoms with Crippen molar-refractivity contribution < 1.29 is 14.6 Å². The van der Waals surface area contributed by atoms with Crippen molar-refractivity contribution in [1.82, 2.24) is 0 Å². The zero-order chi connectivity index (χ0) is 15.2. The molecule has 0 amide bonds. The van der Waals surface area contributed by atoms with Crippen LogP contribution in [0.2, 0.25) is 0 Å². The zero-order valence-corrected chi connectivity index (χ0v) is 12.0. The van der Waals surface area contributed by atoms with Gasteiger partial charge in [0.1, 0.15) is 18.4 Å². The van der Waals surface area contributed by atoms with E-state index in [1.165, 1.54) is 0 Å². The molecule has 110 valence electrons.